The van der Waals surface area contributed by atoms with Crippen molar-refractivity contribution in [3.8, 4) is 0 Å². The molecule has 3 nitrogen and oxygen atoms in total. The maximum Gasteiger partial charge on any atom is 0.152 e. The molecule has 1 saturated heterocycles. The van der Waals surface area contributed by atoms with E-state index in [2.05, 4.69) is 33.4 Å². The zero-order chi connectivity index (χ0) is 14.2. The van der Waals surface area contributed by atoms with Crippen molar-refractivity contribution in [2.45, 2.75) is 18.9 Å². The molecule has 1 heterocycles. The summed E-state index contributed by atoms with van der Waals surface area (Å²) in [5.41, 5.74) is 1.01. The zero-order valence-corrected chi connectivity index (χ0v) is 13.4. The standard InChI is InChI=1S/C15H16BrNO2S/c16-14-7-8-15(13-6-2-1-5-12(13)14)17-11-4-3-9-20(18,19)10-11/h1-2,5-8,11,17H,3-4,9-10H2. The number of fused-ring (bicyclic) bond motifs is 1. The Morgan fingerprint density at radius 3 is 2.60 bits per heavy atom. The lowest BCUT2D eigenvalue weighted by molar-refractivity contribution is 0.562. The maximum absolute atomic E-state index is 11.7. The van der Waals surface area contributed by atoms with E-state index in [1.54, 1.807) is 0 Å². The van der Waals surface area contributed by atoms with Crippen molar-refractivity contribution in [2.24, 2.45) is 0 Å². The van der Waals surface area contributed by atoms with E-state index in [1.807, 2.05) is 24.3 Å². The molecule has 1 atom stereocenters. The van der Waals surface area contributed by atoms with Gasteiger partial charge in [-0.3, -0.25) is 0 Å². The van der Waals surface area contributed by atoms with Crippen LogP contribution in [0, 0.1) is 0 Å². The van der Waals surface area contributed by atoms with Crippen LogP contribution in [0.1, 0.15) is 12.8 Å². The molecule has 0 aromatic heterocycles. The minimum absolute atomic E-state index is 0.0123. The Kier molecular flexibility index (Phi) is 3.73. The normalized spacial score (nSPS) is 21.8. The van der Waals surface area contributed by atoms with E-state index in [0.29, 0.717) is 5.75 Å². The van der Waals surface area contributed by atoms with Crippen molar-refractivity contribution in [1.82, 2.24) is 0 Å². The molecule has 0 bridgehead atoms. The van der Waals surface area contributed by atoms with Crippen molar-refractivity contribution in [3.05, 3.63) is 40.9 Å². The van der Waals surface area contributed by atoms with Crippen LogP contribution in [0.5, 0.6) is 0 Å². The fourth-order valence-corrected chi connectivity index (χ4v) is 4.86. The van der Waals surface area contributed by atoms with Gasteiger partial charge in [0, 0.05) is 21.6 Å². The highest BCUT2D eigenvalue weighted by Crippen LogP contribution is 2.31. The van der Waals surface area contributed by atoms with Gasteiger partial charge in [-0.15, -0.1) is 0 Å². The first-order chi connectivity index (χ1) is 9.55. The highest BCUT2D eigenvalue weighted by Gasteiger charge is 2.24. The molecular formula is C15H16BrNO2S. The van der Waals surface area contributed by atoms with E-state index < -0.39 is 9.84 Å². The van der Waals surface area contributed by atoms with Crippen LogP contribution >= 0.6 is 15.9 Å². The van der Waals surface area contributed by atoms with Crippen molar-refractivity contribution >= 4 is 42.2 Å². The van der Waals surface area contributed by atoms with Gasteiger partial charge in [-0.2, -0.15) is 0 Å². The number of halogens is 1. The van der Waals surface area contributed by atoms with Gasteiger partial charge in [-0.1, -0.05) is 40.2 Å². The van der Waals surface area contributed by atoms with E-state index in [0.717, 1.165) is 33.8 Å². The maximum atomic E-state index is 11.7. The second-order valence-electron chi connectivity index (χ2n) is 5.24. The number of benzene rings is 2. The van der Waals surface area contributed by atoms with Crippen molar-refractivity contribution in [3.63, 3.8) is 0 Å². The molecule has 20 heavy (non-hydrogen) atoms. The predicted molar refractivity (Wildman–Crippen MR) is 86.9 cm³/mol. The van der Waals surface area contributed by atoms with E-state index in [9.17, 15) is 8.42 Å². The van der Waals surface area contributed by atoms with Gasteiger partial charge in [0.2, 0.25) is 0 Å². The van der Waals surface area contributed by atoms with Crippen LogP contribution in [-0.4, -0.2) is 26.0 Å². The van der Waals surface area contributed by atoms with E-state index in [1.165, 1.54) is 0 Å². The molecule has 106 valence electrons. The molecule has 5 heteroatoms. The monoisotopic (exact) mass is 353 g/mol. The molecule has 0 saturated carbocycles. The number of sulfone groups is 1. The molecule has 0 radical (unpaired) electrons. The first-order valence-electron chi connectivity index (χ1n) is 6.69. The van der Waals surface area contributed by atoms with Gasteiger partial charge in [0.05, 0.1) is 11.5 Å². The SMILES string of the molecule is O=S1(=O)CCCC(Nc2ccc(Br)c3ccccc23)C1. The largest absolute Gasteiger partial charge is 0.381 e. The predicted octanol–water partition coefficient (Wildman–Crippen LogP) is 3.59. The van der Waals surface area contributed by atoms with E-state index in [4.69, 9.17) is 0 Å². The van der Waals surface area contributed by atoms with Crippen LogP contribution in [0.25, 0.3) is 10.8 Å². The lowest BCUT2D eigenvalue weighted by Gasteiger charge is -2.24. The molecule has 3 rings (SSSR count). The smallest absolute Gasteiger partial charge is 0.152 e. The molecule has 1 unspecified atom stereocenters. The number of hydrogen-bond donors (Lipinski definition) is 1. The lowest BCUT2D eigenvalue weighted by atomic mass is 10.1. The van der Waals surface area contributed by atoms with E-state index in [-0.39, 0.29) is 11.8 Å². The average Bonchev–Trinajstić information content (AvgIpc) is 2.41. The Labute approximate surface area is 127 Å². The van der Waals surface area contributed by atoms with Gasteiger partial charge in [-0.25, -0.2) is 8.42 Å². The Bertz CT molecular complexity index is 743. The molecule has 0 spiro atoms. The summed E-state index contributed by atoms with van der Waals surface area (Å²) in [6.07, 6.45) is 1.65. The minimum atomic E-state index is -2.89. The fourth-order valence-electron chi connectivity index (χ4n) is 2.74. The summed E-state index contributed by atoms with van der Waals surface area (Å²) >= 11 is 3.55. The Balaban J connectivity index is 1.93. The third-order valence-electron chi connectivity index (χ3n) is 3.69. The summed E-state index contributed by atoms with van der Waals surface area (Å²) in [6.45, 7) is 0. The second-order valence-corrected chi connectivity index (χ2v) is 8.32. The van der Waals surface area contributed by atoms with Gasteiger partial charge in [0.25, 0.3) is 0 Å². The summed E-state index contributed by atoms with van der Waals surface area (Å²) in [7, 11) is -2.89. The first kappa shape index (κ1) is 13.9. The van der Waals surface area contributed by atoms with E-state index >= 15 is 0 Å². The highest BCUT2D eigenvalue weighted by atomic mass is 79.9. The van der Waals surface area contributed by atoms with Crippen LogP contribution in [0.2, 0.25) is 0 Å². The molecular weight excluding hydrogens is 338 g/mol. The quantitative estimate of drug-likeness (QED) is 0.897. The summed E-state index contributed by atoms with van der Waals surface area (Å²) in [5.74, 6) is 0.559. The van der Waals surface area contributed by atoms with Gasteiger partial charge in [0.1, 0.15) is 0 Å². The molecule has 2 aromatic rings. The average molecular weight is 354 g/mol. The lowest BCUT2D eigenvalue weighted by Crippen LogP contribution is -2.34. The topological polar surface area (TPSA) is 46.2 Å². The Morgan fingerprint density at radius 2 is 1.85 bits per heavy atom. The van der Waals surface area contributed by atoms with Crippen molar-refractivity contribution < 1.29 is 8.42 Å². The molecule has 1 fully saturated rings. The molecule has 1 N–H and O–H groups in total. The Morgan fingerprint density at radius 1 is 1.10 bits per heavy atom. The van der Waals surface area contributed by atoms with Gasteiger partial charge in [0.15, 0.2) is 9.84 Å². The van der Waals surface area contributed by atoms with Gasteiger partial charge < -0.3 is 5.32 Å². The van der Waals surface area contributed by atoms with Crippen LogP contribution in [0.4, 0.5) is 5.69 Å². The van der Waals surface area contributed by atoms with Crippen molar-refractivity contribution in [2.75, 3.05) is 16.8 Å². The number of anilines is 1. The van der Waals surface area contributed by atoms with Crippen molar-refractivity contribution in [1.29, 1.82) is 0 Å². The van der Waals surface area contributed by atoms with Gasteiger partial charge in [-0.05, 0) is 30.4 Å². The zero-order valence-electron chi connectivity index (χ0n) is 11.0. The third kappa shape index (κ3) is 2.83. The Hall–Kier alpha value is -1.07. The molecule has 2 aromatic carbocycles. The fraction of sp³-hybridized carbons (Fsp3) is 0.333. The van der Waals surface area contributed by atoms with Crippen LogP contribution < -0.4 is 5.32 Å². The summed E-state index contributed by atoms with van der Waals surface area (Å²) in [4.78, 5) is 0. The second kappa shape index (κ2) is 5.37. The molecule has 1 aliphatic rings. The minimum Gasteiger partial charge on any atom is -0.381 e. The van der Waals surface area contributed by atoms with Crippen LogP contribution in [0.15, 0.2) is 40.9 Å². The number of rotatable bonds is 2. The molecule has 0 aliphatic carbocycles. The first-order valence-corrected chi connectivity index (χ1v) is 9.31. The molecule has 1 aliphatic heterocycles. The molecule has 0 amide bonds. The van der Waals surface area contributed by atoms with Gasteiger partial charge >= 0.3 is 0 Å². The highest BCUT2D eigenvalue weighted by molar-refractivity contribution is 9.10. The van der Waals surface area contributed by atoms with Crippen LogP contribution in [0.3, 0.4) is 0 Å². The number of hydrogen-bond acceptors (Lipinski definition) is 3. The summed E-state index contributed by atoms with van der Waals surface area (Å²) in [6, 6.07) is 12.1. The van der Waals surface area contributed by atoms with Crippen LogP contribution in [-0.2, 0) is 9.84 Å². The summed E-state index contributed by atoms with van der Waals surface area (Å²) < 4.78 is 24.5. The number of nitrogens with one attached hydrogen (secondary N) is 1. The third-order valence-corrected chi connectivity index (χ3v) is 6.21. The summed E-state index contributed by atoms with van der Waals surface area (Å²) in [5, 5.41) is 5.66.